The van der Waals surface area contributed by atoms with Crippen LogP contribution in [0.25, 0.3) is 0 Å². The second kappa shape index (κ2) is 5.65. The first-order chi connectivity index (χ1) is 8.69. The highest BCUT2D eigenvalue weighted by Crippen LogP contribution is 2.20. The van der Waals surface area contributed by atoms with Gasteiger partial charge in [0.2, 0.25) is 0 Å². The Hall–Kier alpha value is -1.87. The first-order valence-corrected chi connectivity index (χ1v) is 5.88. The molecule has 2 aromatic carbocycles. The fourth-order valence-electron chi connectivity index (χ4n) is 1.90. The summed E-state index contributed by atoms with van der Waals surface area (Å²) < 4.78 is 13.1. The molecule has 0 aliphatic rings. The number of hydrogen-bond donors (Lipinski definition) is 2. The average molecular weight is 245 g/mol. The van der Waals surface area contributed by atoms with Gasteiger partial charge in [-0.1, -0.05) is 35.9 Å². The Morgan fingerprint density at radius 2 is 1.94 bits per heavy atom. The van der Waals surface area contributed by atoms with E-state index in [2.05, 4.69) is 5.32 Å². The lowest BCUT2D eigenvalue weighted by Gasteiger charge is -2.18. The molecule has 94 valence electrons. The summed E-state index contributed by atoms with van der Waals surface area (Å²) in [6.07, 6.45) is 0. The van der Waals surface area contributed by atoms with Crippen molar-refractivity contribution in [3.8, 4) is 0 Å². The molecular weight excluding hydrogens is 229 g/mol. The van der Waals surface area contributed by atoms with E-state index in [1.54, 1.807) is 12.1 Å². The quantitative estimate of drug-likeness (QED) is 0.866. The predicted octanol–water partition coefficient (Wildman–Crippen LogP) is 3.28. The largest absolute Gasteiger partial charge is 0.394 e. The van der Waals surface area contributed by atoms with Crippen LogP contribution in [0.5, 0.6) is 0 Å². The maximum atomic E-state index is 13.1. The van der Waals surface area contributed by atoms with E-state index >= 15 is 0 Å². The summed E-state index contributed by atoms with van der Waals surface area (Å²) in [6.45, 7) is 1.96. The van der Waals surface area contributed by atoms with Crippen molar-refractivity contribution in [2.45, 2.75) is 13.0 Å². The van der Waals surface area contributed by atoms with Crippen LogP contribution in [0.1, 0.15) is 17.2 Å². The summed E-state index contributed by atoms with van der Waals surface area (Å²) in [5.74, 6) is -0.291. The molecule has 2 N–H and O–H groups in total. The van der Waals surface area contributed by atoms with Gasteiger partial charge in [-0.25, -0.2) is 4.39 Å². The fraction of sp³-hybridized carbons (Fsp3) is 0.200. The number of rotatable bonds is 4. The first kappa shape index (κ1) is 12.6. The SMILES string of the molecule is Cc1cccc(C(CO)Nc2cccc(F)c2)c1. The van der Waals surface area contributed by atoms with E-state index in [9.17, 15) is 9.50 Å². The van der Waals surface area contributed by atoms with Gasteiger partial charge >= 0.3 is 0 Å². The van der Waals surface area contributed by atoms with Crippen molar-refractivity contribution in [3.63, 3.8) is 0 Å². The second-order valence-electron chi connectivity index (χ2n) is 4.30. The van der Waals surface area contributed by atoms with Crippen LogP contribution >= 0.6 is 0 Å². The van der Waals surface area contributed by atoms with Gasteiger partial charge in [0.25, 0.3) is 0 Å². The molecule has 2 aromatic rings. The van der Waals surface area contributed by atoms with E-state index in [1.165, 1.54) is 12.1 Å². The molecule has 2 nitrogen and oxygen atoms in total. The van der Waals surface area contributed by atoms with Crippen LogP contribution in [0.3, 0.4) is 0 Å². The molecule has 1 unspecified atom stereocenters. The highest BCUT2D eigenvalue weighted by molar-refractivity contribution is 5.46. The molecule has 0 saturated carbocycles. The summed E-state index contributed by atoms with van der Waals surface area (Å²) in [4.78, 5) is 0. The van der Waals surface area contributed by atoms with Crippen molar-refractivity contribution in [2.24, 2.45) is 0 Å². The van der Waals surface area contributed by atoms with Crippen molar-refractivity contribution in [2.75, 3.05) is 11.9 Å². The van der Waals surface area contributed by atoms with Crippen LogP contribution in [0.2, 0.25) is 0 Å². The minimum atomic E-state index is -0.291. The Kier molecular flexibility index (Phi) is 3.95. The van der Waals surface area contributed by atoms with E-state index in [-0.39, 0.29) is 18.5 Å². The van der Waals surface area contributed by atoms with Crippen molar-refractivity contribution < 1.29 is 9.50 Å². The predicted molar refractivity (Wildman–Crippen MR) is 71.0 cm³/mol. The third-order valence-electron chi connectivity index (χ3n) is 2.79. The molecule has 0 spiro atoms. The molecule has 18 heavy (non-hydrogen) atoms. The van der Waals surface area contributed by atoms with Crippen molar-refractivity contribution in [3.05, 3.63) is 65.5 Å². The Labute approximate surface area is 106 Å². The van der Waals surface area contributed by atoms with E-state index in [1.807, 2.05) is 31.2 Å². The van der Waals surface area contributed by atoms with E-state index < -0.39 is 0 Å². The lowest BCUT2D eigenvalue weighted by molar-refractivity contribution is 0.276. The maximum absolute atomic E-state index is 13.1. The second-order valence-corrected chi connectivity index (χ2v) is 4.30. The average Bonchev–Trinajstić information content (AvgIpc) is 2.36. The monoisotopic (exact) mass is 245 g/mol. The number of benzene rings is 2. The zero-order chi connectivity index (χ0) is 13.0. The van der Waals surface area contributed by atoms with Crippen LogP contribution in [-0.4, -0.2) is 11.7 Å². The molecule has 2 rings (SSSR count). The third kappa shape index (κ3) is 3.08. The van der Waals surface area contributed by atoms with Crippen LogP contribution in [0, 0.1) is 12.7 Å². The molecule has 0 aliphatic heterocycles. The maximum Gasteiger partial charge on any atom is 0.125 e. The highest BCUT2D eigenvalue weighted by atomic mass is 19.1. The highest BCUT2D eigenvalue weighted by Gasteiger charge is 2.10. The van der Waals surface area contributed by atoms with Gasteiger partial charge < -0.3 is 10.4 Å². The minimum Gasteiger partial charge on any atom is -0.394 e. The first-order valence-electron chi connectivity index (χ1n) is 5.88. The minimum absolute atomic E-state index is 0.0417. The van der Waals surface area contributed by atoms with E-state index in [0.29, 0.717) is 5.69 Å². The molecule has 0 fully saturated rings. The normalized spacial score (nSPS) is 12.2. The zero-order valence-electron chi connectivity index (χ0n) is 10.2. The summed E-state index contributed by atoms with van der Waals surface area (Å²) in [6, 6.07) is 13.9. The molecule has 0 aliphatic carbocycles. The summed E-state index contributed by atoms with van der Waals surface area (Å²) in [5.41, 5.74) is 2.78. The van der Waals surface area contributed by atoms with Gasteiger partial charge in [0.15, 0.2) is 0 Å². The van der Waals surface area contributed by atoms with Crippen LogP contribution in [0.4, 0.5) is 10.1 Å². The Morgan fingerprint density at radius 1 is 1.17 bits per heavy atom. The Balaban J connectivity index is 2.19. The molecule has 0 bridgehead atoms. The lowest BCUT2D eigenvalue weighted by atomic mass is 10.0. The van der Waals surface area contributed by atoms with Gasteiger partial charge in [-0.05, 0) is 30.7 Å². The van der Waals surface area contributed by atoms with Gasteiger partial charge in [-0.15, -0.1) is 0 Å². The van der Waals surface area contributed by atoms with Gasteiger partial charge in [-0.2, -0.15) is 0 Å². The van der Waals surface area contributed by atoms with Gasteiger partial charge in [0, 0.05) is 5.69 Å². The van der Waals surface area contributed by atoms with E-state index in [4.69, 9.17) is 0 Å². The topological polar surface area (TPSA) is 32.3 Å². The van der Waals surface area contributed by atoms with Crippen molar-refractivity contribution in [1.82, 2.24) is 0 Å². The van der Waals surface area contributed by atoms with Crippen molar-refractivity contribution >= 4 is 5.69 Å². The molecule has 0 amide bonds. The molecular formula is C15H16FNO. The Morgan fingerprint density at radius 3 is 2.61 bits per heavy atom. The van der Waals surface area contributed by atoms with Gasteiger partial charge in [0.1, 0.15) is 5.82 Å². The smallest absolute Gasteiger partial charge is 0.125 e. The Bertz CT molecular complexity index is 527. The molecule has 3 heteroatoms. The van der Waals surface area contributed by atoms with Crippen LogP contribution in [-0.2, 0) is 0 Å². The number of aliphatic hydroxyl groups is 1. The standard InChI is InChI=1S/C15H16FNO/c1-11-4-2-5-12(8-11)15(10-18)17-14-7-3-6-13(16)9-14/h2-9,15,17-18H,10H2,1H3. The summed E-state index contributed by atoms with van der Waals surface area (Å²) in [7, 11) is 0. The van der Waals surface area contributed by atoms with Gasteiger partial charge in [0.05, 0.1) is 12.6 Å². The summed E-state index contributed by atoms with van der Waals surface area (Å²) >= 11 is 0. The summed E-state index contributed by atoms with van der Waals surface area (Å²) in [5, 5.41) is 12.6. The number of hydrogen-bond acceptors (Lipinski definition) is 2. The molecule has 1 atom stereocenters. The third-order valence-corrected chi connectivity index (χ3v) is 2.79. The molecule has 0 radical (unpaired) electrons. The number of halogens is 1. The number of aryl methyl sites for hydroxylation is 1. The molecule has 0 heterocycles. The van der Waals surface area contributed by atoms with Gasteiger partial charge in [-0.3, -0.25) is 0 Å². The molecule has 0 aromatic heterocycles. The number of aliphatic hydroxyl groups excluding tert-OH is 1. The number of anilines is 1. The van der Waals surface area contributed by atoms with E-state index in [0.717, 1.165) is 11.1 Å². The molecule has 0 saturated heterocycles. The number of nitrogens with one attached hydrogen (secondary N) is 1. The fourth-order valence-corrected chi connectivity index (χ4v) is 1.90. The zero-order valence-corrected chi connectivity index (χ0v) is 10.2. The lowest BCUT2D eigenvalue weighted by Crippen LogP contribution is -2.15. The van der Waals surface area contributed by atoms with Crippen LogP contribution < -0.4 is 5.32 Å². The van der Waals surface area contributed by atoms with Crippen LogP contribution in [0.15, 0.2) is 48.5 Å². The van der Waals surface area contributed by atoms with Crippen molar-refractivity contribution in [1.29, 1.82) is 0 Å².